The molecule has 0 radical (unpaired) electrons. The van der Waals surface area contributed by atoms with Crippen molar-refractivity contribution in [2.75, 3.05) is 25.1 Å². The SMILES string of the molecule is COc1ccccc1C1(CNC(=O)CCCN2C(=O)c3ccccc3N3C(=O)CCC23C)CCCC1. The number of benzene rings is 2. The van der Waals surface area contributed by atoms with Gasteiger partial charge in [0.25, 0.3) is 5.91 Å². The Labute approximate surface area is 212 Å². The van der Waals surface area contributed by atoms with Crippen LogP contribution in [0.4, 0.5) is 5.69 Å². The van der Waals surface area contributed by atoms with E-state index in [1.54, 1.807) is 23.0 Å². The Bertz CT molecular complexity index is 1170. The zero-order chi connectivity index (χ0) is 25.3. The van der Waals surface area contributed by atoms with Crippen molar-refractivity contribution in [2.24, 2.45) is 0 Å². The first-order valence-corrected chi connectivity index (χ1v) is 13.0. The predicted octanol–water partition coefficient (Wildman–Crippen LogP) is 4.40. The van der Waals surface area contributed by atoms with Gasteiger partial charge in [-0.2, -0.15) is 0 Å². The molecule has 2 aromatic rings. The standard InChI is InChI=1S/C29H35N3O4/c1-28-18-15-26(34)32(28)23-12-5-3-10-21(23)27(35)31(28)19-9-14-25(33)30-20-29(16-7-8-17-29)22-11-4-6-13-24(22)36-2/h3-6,10-13H,7-9,14-20H2,1-2H3,(H,30,33). The molecule has 3 amide bonds. The third-order valence-electron chi connectivity index (χ3n) is 8.39. The zero-order valence-corrected chi connectivity index (χ0v) is 21.2. The number of carbonyl (C=O) groups is 3. The van der Waals surface area contributed by atoms with Crippen LogP contribution in [0.3, 0.4) is 0 Å². The van der Waals surface area contributed by atoms with Gasteiger partial charge in [0.15, 0.2) is 0 Å². The van der Waals surface area contributed by atoms with Gasteiger partial charge in [-0.3, -0.25) is 19.3 Å². The highest BCUT2D eigenvalue weighted by molar-refractivity contribution is 6.10. The lowest BCUT2D eigenvalue weighted by molar-refractivity contribution is -0.122. The maximum Gasteiger partial charge on any atom is 0.257 e. The van der Waals surface area contributed by atoms with Crippen LogP contribution in [-0.4, -0.2) is 48.5 Å². The number of nitrogens with one attached hydrogen (secondary N) is 1. The molecule has 36 heavy (non-hydrogen) atoms. The van der Waals surface area contributed by atoms with Crippen LogP contribution >= 0.6 is 0 Å². The number of hydrogen-bond donors (Lipinski definition) is 1. The highest BCUT2D eigenvalue weighted by Crippen LogP contribution is 2.45. The largest absolute Gasteiger partial charge is 0.496 e. The Hall–Kier alpha value is -3.35. The van der Waals surface area contributed by atoms with E-state index in [0.29, 0.717) is 50.0 Å². The van der Waals surface area contributed by atoms with Crippen molar-refractivity contribution in [3.05, 3.63) is 59.7 Å². The highest BCUT2D eigenvalue weighted by atomic mass is 16.5. The van der Waals surface area contributed by atoms with Crippen LogP contribution in [0.25, 0.3) is 0 Å². The van der Waals surface area contributed by atoms with E-state index < -0.39 is 5.66 Å². The molecule has 1 saturated heterocycles. The first-order chi connectivity index (χ1) is 17.4. The lowest BCUT2D eigenvalue weighted by atomic mass is 9.78. The summed E-state index contributed by atoms with van der Waals surface area (Å²) in [6.07, 6.45) is 6.21. The molecule has 1 aliphatic carbocycles. The molecular weight excluding hydrogens is 454 g/mol. The maximum atomic E-state index is 13.4. The first-order valence-electron chi connectivity index (χ1n) is 13.0. The molecule has 1 unspecified atom stereocenters. The molecule has 190 valence electrons. The fourth-order valence-electron chi connectivity index (χ4n) is 6.47. The molecule has 0 spiro atoms. The summed E-state index contributed by atoms with van der Waals surface area (Å²) in [5, 5.41) is 3.18. The second-order valence-electron chi connectivity index (χ2n) is 10.5. The van der Waals surface area contributed by atoms with Crippen LogP contribution in [0.2, 0.25) is 0 Å². The number of nitrogens with zero attached hydrogens (tertiary/aromatic N) is 2. The van der Waals surface area contributed by atoms with Crippen LogP contribution in [-0.2, 0) is 15.0 Å². The Morgan fingerprint density at radius 2 is 1.75 bits per heavy atom. The molecule has 3 aliphatic rings. The topological polar surface area (TPSA) is 79.0 Å². The molecule has 7 nitrogen and oxygen atoms in total. The molecule has 2 aromatic carbocycles. The minimum Gasteiger partial charge on any atom is -0.496 e. The molecule has 5 rings (SSSR count). The summed E-state index contributed by atoms with van der Waals surface area (Å²) >= 11 is 0. The number of para-hydroxylation sites is 2. The monoisotopic (exact) mass is 489 g/mol. The van der Waals surface area contributed by atoms with Gasteiger partial charge in [0.1, 0.15) is 11.4 Å². The summed E-state index contributed by atoms with van der Waals surface area (Å²) in [5.74, 6) is 0.839. The molecule has 7 heteroatoms. The average molecular weight is 490 g/mol. The fraction of sp³-hybridized carbons (Fsp3) is 0.483. The van der Waals surface area contributed by atoms with Crippen molar-refractivity contribution in [2.45, 2.75) is 69.4 Å². The van der Waals surface area contributed by atoms with Crippen molar-refractivity contribution in [1.82, 2.24) is 10.2 Å². The van der Waals surface area contributed by atoms with E-state index in [9.17, 15) is 14.4 Å². The second-order valence-corrected chi connectivity index (χ2v) is 10.5. The van der Waals surface area contributed by atoms with E-state index in [4.69, 9.17) is 4.74 Å². The number of hydrogen-bond acceptors (Lipinski definition) is 4. The van der Waals surface area contributed by atoms with Crippen LogP contribution < -0.4 is 15.0 Å². The molecule has 2 fully saturated rings. The van der Waals surface area contributed by atoms with Crippen molar-refractivity contribution in [3.8, 4) is 5.75 Å². The molecule has 1 N–H and O–H groups in total. The van der Waals surface area contributed by atoms with Crippen molar-refractivity contribution >= 4 is 23.4 Å². The van der Waals surface area contributed by atoms with E-state index in [2.05, 4.69) is 11.4 Å². The third kappa shape index (κ3) is 4.04. The predicted molar refractivity (Wildman–Crippen MR) is 138 cm³/mol. The average Bonchev–Trinajstić information content (AvgIpc) is 3.50. The van der Waals surface area contributed by atoms with E-state index >= 15 is 0 Å². The molecule has 0 bridgehead atoms. The van der Waals surface area contributed by atoms with E-state index in [0.717, 1.165) is 31.4 Å². The maximum absolute atomic E-state index is 13.4. The second kappa shape index (κ2) is 9.60. The van der Waals surface area contributed by atoms with Gasteiger partial charge in [-0.25, -0.2) is 0 Å². The lowest BCUT2D eigenvalue weighted by Gasteiger charge is -2.48. The number of amides is 3. The van der Waals surface area contributed by atoms with Crippen molar-refractivity contribution in [3.63, 3.8) is 0 Å². The number of carbonyl (C=O) groups excluding carboxylic acids is 3. The quantitative estimate of drug-likeness (QED) is 0.596. The van der Waals surface area contributed by atoms with E-state index in [1.807, 2.05) is 43.3 Å². The summed E-state index contributed by atoms with van der Waals surface area (Å²) in [5.41, 5.74) is 1.63. The normalized spacial score (nSPS) is 22.4. The van der Waals surface area contributed by atoms with E-state index in [1.165, 1.54) is 5.56 Å². The third-order valence-corrected chi connectivity index (χ3v) is 8.39. The molecule has 2 heterocycles. The van der Waals surface area contributed by atoms with Gasteiger partial charge in [0.05, 0.1) is 18.4 Å². The van der Waals surface area contributed by atoms with Crippen LogP contribution in [0.1, 0.15) is 74.2 Å². The number of ether oxygens (including phenoxy) is 1. The Morgan fingerprint density at radius 1 is 1.03 bits per heavy atom. The number of fused-ring (bicyclic) bond motifs is 3. The minimum absolute atomic E-state index is 0.00876. The van der Waals surface area contributed by atoms with Gasteiger partial charge in [0.2, 0.25) is 11.8 Å². The van der Waals surface area contributed by atoms with Gasteiger partial charge in [-0.05, 0) is 50.8 Å². The van der Waals surface area contributed by atoms with Gasteiger partial charge in [-0.15, -0.1) is 0 Å². The Balaban J connectivity index is 1.23. The lowest BCUT2D eigenvalue weighted by Crippen LogP contribution is -2.62. The first kappa shape index (κ1) is 24.3. The highest BCUT2D eigenvalue weighted by Gasteiger charge is 2.52. The van der Waals surface area contributed by atoms with Gasteiger partial charge in [-0.1, -0.05) is 43.2 Å². The van der Waals surface area contributed by atoms with Crippen molar-refractivity contribution in [1.29, 1.82) is 0 Å². The molecule has 1 saturated carbocycles. The van der Waals surface area contributed by atoms with Gasteiger partial charge >= 0.3 is 0 Å². The molecule has 1 atom stereocenters. The summed E-state index contributed by atoms with van der Waals surface area (Å²) in [6.45, 7) is 2.98. The summed E-state index contributed by atoms with van der Waals surface area (Å²) in [6, 6.07) is 15.4. The number of methoxy groups -OCH3 is 1. The van der Waals surface area contributed by atoms with Gasteiger partial charge in [0, 0.05) is 36.9 Å². The summed E-state index contributed by atoms with van der Waals surface area (Å²) < 4.78 is 5.63. The molecule has 0 aromatic heterocycles. The number of anilines is 1. The number of rotatable bonds is 8. The Kier molecular flexibility index (Phi) is 6.49. The van der Waals surface area contributed by atoms with Gasteiger partial charge < -0.3 is 15.0 Å². The Morgan fingerprint density at radius 3 is 2.53 bits per heavy atom. The van der Waals surface area contributed by atoms with Crippen LogP contribution in [0.5, 0.6) is 5.75 Å². The zero-order valence-electron chi connectivity index (χ0n) is 21.2. The fourth-order valence-corrected chi connectivity index (χ4v) is 6.47. The van der Waals surface area contributed by atoms with Crippen LogP contribution in [0.15, 0.2) is 48.5 Å². The molecule has 2 aliphatic heterocycles. The smallest absolute Gasteiger partial charge is 0.257 e. The van der Waals surface area contributed by atoms with E-state index in [-0.39, 0.29) is 23.1 Å². The molecular formula is C29H35N3O4. The summed E-state index contributed by atoms with van der Waals surface area (Å²) in [4.78, 5) is 42.6. The van der Waals surface area contributed by atoms with Crippen molar-refractivity contribution < 1.29 is 19.1 Å². The minimum atomic E-state index is -0.684. The van der Waals surface area contributed by atoms with Crippen LogP contribution in [0, 0.1) is 0 Å². The summed E-state index contributed by atoms with van der Waals surface area (Å²) in [7, 11) is 1.69.